The van der Waals surface area contributed by atoms with Crippen molar-refractivity contribution in [1.82, 2.24) is 19.6 Å². The van der Waals surface area contributed by atoms with Crippen molar-refractivity contribution in [3.05, 3.63) is 18.0 Å². The van der Waals surface area contributed by atoms with E-state index in [1.807, 2.05) is 16.9 Å². The number of ether oxygens (including phenoxy) is 1. The number of amides is 1. The predicted molar refractivity (Wildman–Crippen MR) is 71.6 cm³/mol. The van der Waals surface area contributed by atoms with Gasteiger partial charge < -0.3 is 9.64 Å². The Morgan fingerprint density at radius 1 is 1.58 bits per heavy atom. The summed E-state index contributed by atoms with van der Waals surface area (Å²) in [5, 5.41) is 4.31. The molecule has 1 aromatic heterocycles. The molecule has 0 bridgehead atoms. The molecule has 6 heteroatoms. The van der Waals surface area contributed by atoms with Gasteiger partial charge in [-0.2, -0.15) is 5.10 Å². The van der Waals surface area contributed by atoms with E-state index in [1.165, 1.54) is 0 Å². The van der Waals surface area contributed by atoms with Crippen molar-refractivity contribution in [3.63, 3.8) is 0 Å². The number of aromatic nitrogens is 2. The monoisotopic (exact) mass is 266 g/mol. The van der Waals surface area contributed by atoms with E-state index in [1.54, 1.807) is 26.1 Å². The minimum absolute atomic E-state index is 0.120. The van der Waals surface area contributed by atoms with Crippen LogP contribution >= 0.6 is 0 Å². The van der Waals surface area contributed by atoms with Gasteiger partial charge in [0.05, 0.1) is 18.8 Å². The molecule has 1 atom stereocenters. The smallest absolute Gasteiger partial charge is 0.236 e. The number of hydrogen-bond donors (Lipinski definition) is 0. The molecule has 19 heavy (non-hydrogen) atoms. The normalized spacial score (nSPS) is 19.8. The number of rotatable bonds is 4. The zero-order valence-corrected chi connectivity index (χ0v) is 11.9. The molecule has 1 unspecified atom stereocenters. The number of methoxy groups -OCH3 is 1. The van der Waals surface area contributed by atoms with Crippen molar-refractivity contribution < 1.29 is 9.53 Å². The highest BCUT2D eigenvalue weighted by Gasteiger charge is 2.26. The Hall–Kier alpha value is -1.40. The van der Waals surface area contributed by atoms with E-state index < -0.39 is 0 Å². The topological polar surface area (TPSA) is 50.6 Å². The summed E-state index contributed by atoms with van der Waals surface area (Å²) in [6.07, 6.45) is 2.77. The average Bonchev–Trinajstić information content (AvgIpc) is 2.74. The maximum atomic E-state index is 11.9. The lowest BCUT2D eigenvalue weighted by Crippen LogP contribution is -2.43. The highest BCUT2D eigenvalue weighted by atomic mass is 16.5. The third-order valence-corrected chi connectivity index (χ3v) is 3.56. The fourth-order valence-electron chi connectivity index (χ4n) is 2.37. The fraction of sp³-hybridized carbons (Fsp3) is 0.692. The van der Waals surface area contributed by atoms with E-state index in [9.17, 15) is 4.79 Å². The Kier molecular flexibility index (Phi) is 4.55. The van der Waals surface area contributed by atoms with Crippen LogP contribution in [-0.4, -0.2) is 65.9 Å². The lowest BCUT2D eigenvalue weighted by molar-refractivity contribution is -0.131. The largest absolute Gasteiger partial charge is 0.383 e. The van der Waals surface area contributed by atoms with Crippen LogP contribution in [0.1, 0.15) is 12.1 Å². The van der Waals surface area contributed by atoms with Gasteiger partial charge in [-0.25, -0.2) is 0 Å². The van der Waals surface area contributed by atoms with E-state index in [2.05, 4.69) is 10.00 Å². The number of hydrogen-bond acceptors (Lipinski definition) is 4. The molecule has 1 aliphatic heterocycles. The van der Waals surface area contributed by atoms with Crippen LogP contribution in [-0.2, 0) is 22.6 Å². The van der Waals surface area contributed by atoms with Gasteiger partial charge in [-0.3, -0.25) is 14.4 Å². The second-order valence-corrected chi connectivity index (χ2v) is 5.14. The number of nitrogens with zero attached hydrogens (tertiary/aromatic N) is 4. The second kappa shape index (κ2) is 6.16. The Bertz CT molecular complexity index is 430. The van der Waals surface area contributed by atoms with E-state index in [0.717, 1.165) is 25.2 Å². The van der Waals surface area contributed by atoms with Gasteiger partial charge in [0.1, 0.15) is 0 Å². The minimum Gasteiger partial charge on any atom is -0.383 e. The van der Waals surface area contributed by atoms with Gasteiger partial charge in [0.15, 0.2) is 0 Å². The zero-order chi connectivity index (χ0) is 13.8. The van der Waals surface area contributed by atoms with Crippen LogP contribution < -0.4 is 0 Å². The van der Waals surface area contributed by atoms with Crippen molar-refractivity contribution in [2.75, 3.05) is 34.4 Å². The zero-order valence-electron chi connectivity index (χ0n) is 11.9. The highest BCUT2D eigenvalue weighted by Crippen LogP contribution is 2.17. The van der Waals surface area contributed by atoms with Crippen molar-refractivity contribution >= 4 is 5.91 Å². The Morgan fingerprint density at radius 2 is 2.37 bits per heavy atom. The summed E-state index contributed by atoms with van der Waals surface area (Å²) >= 11 is 0. The molecule has 6 nitrogen and oxygen atoms in total. The van der Waals surface area contributed by atoms with Gasteiger partial charge in [-0.05, 0) is 12.5 Å². The van der Waals surface area contributed by atoms with Crippen molar-refractivity contribution in [1.29, 1.82) is 0 Å². The van der Waals surface area contributed by atoms with Crippen LogP contribution in [0.25, 0.3) is 0 Å². The van der Waals surface area contributed by atoms with Crippen LogP contribution in [0.5, 0.6) is 0 Å². The maximum absolute atomic E-state index is 11.9. The van der Waals surface area contributed by atoms with Crippen LogP contribution in [0.4, 0.5) is 0 Å². The number of fused-ring (bicyclic) bond motifs is 1. The van der Waals surface area contributed by atoms with Crippen LogP contribution in [0, 0.1) is 0 Å². The third-order valence-electron chi connectivity index (χ3n) is 3.56. The van der Waals surface area contributed by atoms with E-state index in [4.69, 9.17) is 4.74 Å². The molecular formula is C13H22N4O2. The molecule has 0 fully saturated rings. The van der Waals surface area contributed by atoms with Crippen LogP contribution in [0.3, 0.4) is 0 Å². The molecule has 0 spiro atoms. The van der Waals surface area contributed by atoms with Crippen LogP contribution in [0.2, 0.25) is 0 Å². The van der Waals surface area contributed by atoms with Crippen molar-refractivity contribution in [2.24, 2.45) is 0 Å². The van der Waals surface area contributed by atoms with Crippen molar-refractivity contribution in [3.8, 4) is 0 Å². The van der Waals surface area contributed by atoms with E-state index in [0.29, 0.717) is 13.2 Å². The first-order valence-electron chi connectivity index (χ1n) is 6.55. The molecule has 0 saturated carbocycles. The molecule has 0 aromatic carbocycles. The van der Waals surface area contributed by atoms with Gasteiger partial charge in [0.25, 0.3) is 0 Å². The van der Waals surface area contributed by atoms with Crippen LogP contribution in [0.15, 0.2) is 12.3 Å². The number of aryl methyl sites for hydroxylation is 1. The molecule has 106 valence electrons. The van der Waals surface area contributed by atoms with Gasteiger partial charge in [-0.15, -0.1) is 0 Å². The summed E-state index contributed by atoms with van der Waals surface area (Å²) in [6.45, 7) is 2.69. The molecule has 0 aliphatic carbocycles. The van der Waals surface area contributed by atoms with Gasteiger partial charge in [0.2, 0.25) is 5.91 Å². The quantitative estimate of drug-likeness (QED) is 0.781. The Balaban J connectivity index is 2.12. The average molecular weight is 266 g/mol. The lowest BCUT2D eigenvalue weighted by Gasteiger charge is -2.29. The Labute approximate surface area is 113 Å². The third kappa shape index (κ3) is 3.33. The highest BCUT2D eigenvalue weighted by molar-refractivity contribution is 5.77. The fourth-order valence-corrected chi connectivity index (χ4v) is 2.37. The van der Waals surface area contributed by atoms with E-state index in [-0.39, 0.29) is 11.9 Å². The number of carbonyl (C=O) groups excluding carboxylic acids is 1. The number of carbonyl (C=O) groups is 1. The Morgan fingerprint density at radius 3 is 3.05 bits per heavy atom. The second-order valence-electron chi connectivity index (χ2n) is 5.14. The molecule has 0 radical (unpaired) electrons. The maximum Gasteiger partial charge on any atom is 0.236 e. The lowest BCUT2D eigenvalue weighted by atomic mass is 10.2. The summed E-state index contributed by atoms with van der Waals surface area (Å²) in [5.41, 5.74) is 1.16. The first-order valence-corrected chi connectivity index (χ1v) is 6.55. The van der Waals surface area contributed by atoms with Gasteiger partial charge in [0, 0.05) is 46.5 Å². The molecule has 1 aromatic rings. The number of likely N-dealkylation sites (N-methyl/N-ethyl adjacent to an activating group) is 1. The summed E-state index contributed by atoms with van der Waals surface area (Å²) in [6, 6.07) is 2.28. The standard InChI is InChI=1S/C13H22N4O2/c1-15(2)13(18)9-16-8-11-4-6-14-17(11)7-5-12(16)10-19-3/h4,6,12H,5,7-10H2,1-3H3. The molecule has 1 amide bonds. The summed E-state index contributed by atoms with van der Waals surface area (Å²) in [5.74, 6) is 0.120. The SMILES string of the molecule is COCC1CCn2nccc2CN1CC(=O)N(C)C. The molecule has 2 rings (SSSR count). The van der Waals surface area contributed by atoms with Gasteiger partial charge in [-0.1, -0.05) is 0 Å². The molecule has 1 aliphatic rings. The molecule has 2 heterocycles. The van der Waals surface area contributed by atoms with Crippen molar-refractivity contribution in [2.45, 2.75) is 25.6 Å². The first-order chi connectivity index (χ1) is 9.11. The summed E-state index contributed by atoms with van der Waals surface area (Å²) < 4.78 is 7.30. The molecule has 0 saturated heterocycles. The van der Waals surface area contributed by atoms with E-state index >= 15 is 0 Å². The predicted octanol–water partition coefficient (Wildman–Crippen LogP) is 0.192. The summed E-state index contributed by atoms with van der Waals surface area (Å²) in [7, 11) is 5.28. The first kappa shape index (κ1) is 14.0. The molecular weight excluding hydrogens is 244 g/mol. The summed E-state index contributed by atoms with van der Waals surface area (Å²) in [4.78, 5) is 15.8. The minimum atomic E-state index is 0.120. The van der Waals surface area contributed by atoms with Gasteiger partial charge >= 0.3 is 0 Å². The molecule has 0 N–H and O–H groups in total.